The number of benzene rings is 1. The van der Waals surface area contributed by atoms with E-state index in [1.54, 1.807) is 0 Å². The SMILES string of the molecule is COC(CO)(CO)c1ccccc1. The molecule has 2 N–H and O–H groups in total. The molecule has 1 aromatic carbocycles. The standard InChI is InChI=1S/C10H14O3/c1-13-10(7-11,8-12)9-5-3-2-4-6-9/h2-6,11-12H,7-8H2,1H3. The second-order valence-corrected chi connectivity index (χ2v) is 2.88. The van der Waals surface area contributed by atoms with Crippen LogP contribution < -0.4 is 0 Å². The summed E-state index contributed by atoms with van der Waals surface area (Å²) in [5, 5.41) is 18.3. The van der Waals surface area contributed by atoms with E-state index in [0.717, 1.165) is 5.56 Å². The first-order valence-electron chi connectivity index (χ1n) is 4.11. The van der Waals surface area contributed by atoms with Crippen molar-refractivity contribution in [2.24, 2.45) is 0 Å². The normalized spacial score (nSPS) is 11.6. The Morgan fingerprint density at radius 2 is 1.69 bits per heavy atom. The number of aliphatic hydroxyl groups excluding tert-OH is 2. The fourth-order valence-corrected chi connectivity index (χ4v) is 1.22. The van der Waals surface area contributed by atoms with Crippen molar-refractivity contribution in [1.82, 2.24) is 0 Å². The molecule has 1 rings (SSSR count). The second-order valence-electron chi connectivity index (χ2n) is 2.88. The fourth-order valence-electron chi connectivity index (χ4n) is 1.22. The van der Waals surface area contributed by atoms with Crippen molar-refractivity contribution < 1.29 is 14.9 Å². The van der Waals surface area contributed by atoms with E-state index < -0.39 is 5.60 Å². The summed E-state index contributed by atoms with van der Waals surface area (Å²) in [6, 6.07) is 9.19. The molecule has 0 fully saturated rings. The second kappa shape index (κ2) is 4.37. The van der Waals surface area contributed by atoms with Gasteiger partial charge in [-0.15, -0.1) is 0 Å². The molecular weight excluding hydrogens is 168 g/mol. The van der Waals surface area contributed by atoms with E-state index in [4.69, 9.17) is 14.9 Å². The van der Waals surface area contributed by atoms with Crippen LogP contribution in [0.25, 0.3) is 0 Å². The first kappa shape index (κ1) is 10.2. The van der Waals surface area contributed by atoms with E-state index in [-0.39, 0.29) is 13.2 Å². The maximum atomic E-state index is 9.14. The number of hydrogen-bond acceptors (Lipinski definition) is 3. The van der Waals surface area contributed by atoms with Gasteiger partial charge in [-0.05, 0) is 5.56 Å². The lowest BCUT2D eigenvalue weighted by molar-refractivity contribution is -0.0906. The molecule has 0 atom stereocenters. The molecule has 0 bridgehead atoms. The molecule has 1 aromatic rings. The number of methoxy groups -OCH3 is 1. The van der Waals surface area contributed by atoms with Crippen LogP contribution in [-0.2, 0) is 10.3 Å². The van der Waals surface area contributed by atoms with Crippen molar-refractivity contribution in [1.29, 1.82) is 0 Å². The fraction of sp³-hybridized carbons (Fsp3) is 0.400. The van der Waals surface area contributed by atoms with Crippen LogP contribution in [0.2, 0.25) is 0 Å². The predicted octanol–water partition coefficient (Wildman–Crippen LogP) is 0.513. The molecule has 72 valence electrons. The molecule has 0 saturated heterocycles. The molecule has 0 aliphatic carbocycles. The highest BCUT2D eigenvalue weighted by Crippen LogP contribution is 2.23. The smallest absolute Gasteiger partial charge is 0.139 e. The third-order valence-corrected chi connectivity index (χ3v) is 2.20. The summed E-state index contributed by atoms with van der Waals surface area (Å²) in [6.45, 7) is -0.464. The van der Waals surface area contributed by atoms with Crippen LogP contribution in [0.15, 0.2) is 30.3 Å². The highest BCUT2D eigenvalue weighted by molar-refractivity contribution is 5.22. The summed E-state index contributed by atoms with van der Waals surface area (Å²) in [7, 11) is 1.47. The zero-order valence-electron chi connectivity index (χ0n) is 7.60. The van der Waals surface area contributed by atoms with Crippen LogP contribution in [-0.4, -0.2) is 30.5 Å². The Morgan fingerprint density at radius 1 is 1.15 bits per heavy atom. The first-order chi connectivity index (χ1) is 6.29. The molecule has 0 spiro atoms. The number of aliphatic hydroxyl groups is 2. The van der Waals surface area contributed by atoms with Crippen molar-refractivity contribution in [2.75, 3.05) is 20.3 Å². The van der Waals surface area contributed by atoms with Gasteiger partial charge < -0.3 is 14.9 Å². The van der Waals surface area contributed by atoms with Gasteiger partial charge in [-0.25, -0.2) is 0 Å². The van der Waals surface area contributed by atoms with E-state index in [9.17, 15) is 0 Å². The molecule has 0 unspecified atom stereocenters. The van der Waals surface area contributed by atoms with Crippen LogP contribution in [0.4, 0.5) is 0 Å². The predicted molar refractivity (Wildman–Crippen MR) is 49.3 cm³/mol. The Balaban J connectivity index is 3.01. The van der Waals surface area contributed by atoms with Crippen LogP contribution >= 0.6 is 0 Å². The monoisotopic (exact) mass is 182 g/mol. The van der Waals surface area contributed by atoms with Crippen LogP contribution in [0.1, 0.15) is 5.56 Å². The van der Waals surface area contributed by atoms with Gasteiger partial charge in [0.15, 0.2) is 0 Å². The number of ether oxygens (including phenoxy) is 1. The summed E-state index contributed by atoms with van der Waals surface area (Å²) in [4.78, 5) is 0. The lowest BCUT2D eigenvalue weighted by atomic mass is 9.95. The molecule has 0 amide bonds. The van der Waals surface area contributed by atoms with Gasteiger partial charge in [-0.3, -0.25) is 0 Å². The van der Waals surface area contributed by atoms with Crippen molar-refractivity contribution in [2.45, 2.75) is 5.60 Å². The average molecular weight is 182 g/mol. The minimum absolute atomic E-state index is 0.232. The summed E-state index contributed by atoms with van der Waals surface area (Å²) in [6.07, 6.45) is 0. The largest absolute Gasteiger partial charge is 0.393 e. The van der Waals surface area contributed by atoms with Crippen molar-refractivity contribution in [3.8, 4) is 0 Å². The third kappa shape index (κ3) is 1.88. The Morgan fingerprint density at radius 3 is 2.08 bits per heavy atom. The first-order valence-corrected chi connectivity index (χ1v) is 4.11. The van der Waals surface area contributed by atoms with E-state index in [2.05, 4.69) is 0 Å². The highest BCUT2D eigenvalue weighted by Gasteiger charge is 2.30. The van der Waals surface area contributed by atoms with Gasteiger partial charge in [0.25, 0.3) is 0 Å². The number of hydrogen-bond donors (Lipinski definition) is 2. The molecule has 0 aliphatic heterocycles. The van der Waals surface area contributed by atoms with Crippen LogP contribution in [0.3, 0.4) is 0 Å². The van der Waals surface area contributed by atoms with Gasteiger partial charge in [0.1, 0.15) is 5.60 Å². The molecule has 0 radical (unpaired) electrons. The van der Waals surface area contributed by atoms with Gasteiger partial charge in [0.05, 0.1) is 13.2 Å². The molecule has 13 heavy (non-hydrogen) atoms. The third-order valence-electron chi connectivity index (χ3n) is 2.20. The van der Waals surface area contributed by atoms with Crippen molar-refractivity contribution in [3.63, 3.8) is 0 Å². The summed E-state index contributed by atoms with van der Waals surface area (Å²) < 4.78 is 5.12. The van der Waals surface area contributed by atoms with Gasteiger partial charge in [0.2, 0.25) is 0 Å². The molecule has 0 saturated carbocycles. The van der Waals surface area contributed by atoms with Crippen molar-refractivity contribution in [3.05, 3.63) is 35.9 Å². The van der Waals surface area contributed by atoms with E-state index >= 15 is 0 Å². The molecule has 3 heteroatoms. The minimum atomic E-state index is -0.971. The van der Waals surface area contributed by atoms with Gasteiger partial charge in [0, 0.05) is 7.11 Å². The van der Waals surface area contributed by atoms with Crippen molar-refractivity contribution >= 4 is 0 Å². The quantitative estimate of drug-likeness (QED) is 0.713. The molecule has 0 heterocycles. The Bertz CT molecular complexity index is 233. The van der Waals surface area contributed by atoms with Gasteiger partial charge in [-0.2, -0.15) is 0 Å². The maximum Gasteiger partial charge on any atom is 0.139 e. The summed E-state index contributed by atoms with van der Waals surface area (Å²) in [5.74, 6) is 0. The van der Waals surface area contributed by atoms with Gasteiger partial charge in [-0.1, -0.05) is 30.3 Å². The van der Waals surface area contributed by atoms with E-state index in [1.807, 2.05) is 30.3 Å². The Kier molecular flexibility index (Phi) is 3.42. The molecular formula is C10H14O3. The lowest BCUT2D eigenvalue weighted by Crippen LogP contribution is -2.36. The Labute approximate surface area is 77.6 Å². The Hall–Kier alpha value is -0.900. The van der Waals surface area contributed by atoms with Crippen LogP contribution in [0, 0.1) is 0 Å². The molecule has 0 aromatic heterocycles. The highest BCUT2D eigenvalue weighted by atomic mass is 16.5. The molecule has 3 nitrogen and oxygen atoms in total. The summed E-state index contributed by atoms with van der Waals surface area (Å²) in [5.41, 5.74) is -0.191. The molecule has 0 aliphatic rings. The maximum absolute atomic E-state index is 9.14. The lowest BCUT2D eigenvalue weighted by Gasteiger charge is -2.28. The van der Waals surface area contributed by atoms with Crippen LogP contribution in [0.5, 0.6) is 0 Å². The van der Waals surface area contributed by atoms with Gasteiger partial charge >= 0.3 is 0 Å². The zero-order chi connectivity index (χ0) is 9.73. The van der Waals surface area contributed by atoms with E-state index in [0.29, 0.717) is 0 Å². The average Bonchev–Trinajstić information content (AvgIpc) is 2.23. The topological polar surface area (TPSA) is 49.7 Å². The minimum Gasteiger partial charge on any atom is -0.393 e. The number of rotatable bonds is 4. The van der Waals surface area contributed by atoms with E-state index in [1.165, 1.54) is 7.11 Å². The zero-order valence-corrected chi connectivity index (χ0v) is 7.60. The summed E-state index contributed by atoms with van der Waals surface area (Å²) >= 11 is 0.